The number of benzene rings is 1. The lowest BCUT2D eigenvalue weighted by molar-refractivity contribution is -0.111. The van der Waals surface area contributed by atoms with Crippen molar-refractivity contribution in [1.29, 1.82) is 0 Å². The molecule has 3 heterocycles. The zero-order valence-corrected chi connectivity index (χ0v) is 21.5. The standard InChI is InChI=1S/C26H29ClN8O/c1-6-23(36)30-21-15-20(17(2)14-22(21)34(5)13-12-33(3)4)31-26-29-16-19(27)25(32-26)35-11-9-18-8-7-10-28-24(18)35/h6-11,14-16H,1,12-13H2,2-5H3,(H,30,36)(H,29,31,32). The lowest BCUT2D eigenvalue weighted by atomic mass is 10.1. The highest BCUT2D eigenvalue weighted by molar-refractivity contribution is 6.32. The molecule has 10 heteroatoms. The maximum absolute atomic E-state index is 12.2. The van der Waals surface area contributed by atoms with E-state index in [0.29, 0.717) is 22.5 Å². The molecule has 1 amide bonds. The second-order valence-electron chi connectivity index (χ2n) is 8.69. The van der Waals surface area contributed by atoms with Gasteiger partial charge in [0.05, 0.1) is 17.6 Å². The number of amides is 1. The fourth-order valence-electron chi connectivity index (χ4n) is 3.74. The first kappa shape index (κ1) is 25.2. The molecular weight excluding hydrogens is 476 g/mol. The van der Waals surface area contributed by atoms with Crippen LogP contribution in [0.15, 0.2) is 61.6 Å². The molecule has 9 nitrogen and oxygen atoms in total. The predicted octanol–water partition coefficient (Wildman–Crippen LogP) is 4.64. The number of aromatic nitrogens is 4. The van der Waals surface area contributed by atoms with Crippen molar-refractivity contribution in [1.82, 2.24) is 24.4 Å². The number of hydrogen-bond donors (Lipinski definition) is 2. The summed E-state index contributed by atoms with van der Waals surface area (Å²) in [5, 5.41) is 7.58. The number of halogens is 1. The van der Waals surface area contributed by atoms with Crippen molar-refractivity contribution in [3.8, 4) is 5.82 Å². The summed E-state index contributed by atoms with van der Waals surface area (Å²) in [6.07, 6.45) is 6.41. The van der Waals surface area contributed by atoms with Crippen LogP contribution in [-0.2, 0) is 4.79 Å². The van der Waals surface area contributed by atoms with Gasteiger partial charge >= 0.3 is 0 Å². The molecule has 0 aliphatic carbocycles. The molecule has 4 rings (SSSR count). The Hall–Kier alpha value is -3.95. The maximum atomic E-state index is 12.2. The van der Waals surface area contributed by atoms with Crippen molar-refractivity contribution in [2.75, 3.05) is 49.8 Å². The van der Waals surface area contributed by atoms with Gasteiger partial charge in [0.1, 0.15) is 10.7 Å². The minimum atomic E-state index is -0.288. The lowest BCUT2D eigenvalue weighted by Crippen LogP contribution is -2.29. The average Bonchev–Trinajstić information content (AvgIpc) is 3.29. The van der Waals surface area contributed by atoms with Gasteiger partial charge in [0.2, 0.25) is 11.9 Å². The van der Waals surface area contributed by atoms with Gasteiger partial charge in [0.25, 0.3) is 0 Å². The molecule has 0 spiro atoms. The second kappa shape index (κ2) is 10.8. The Kier molecular flexibility index (Phi) is 7.52. The Balaban J connectivity index is 1.69. The first-order valence-electron chi connectivity index (χ1n) is 11.4. The molecule has 186 valence electrons. The zero-order chi connectivity index (χ0) is 25.8. The summed E-state index contributed by atoms with van der Waals surface area (Å²) in [7, 11) is 6.05. The minimum absolute atomic E-state index is 0.288. The number of nitrogens with zero attached hydrogens (tertiary/aromatic N) is 6. The topological polar surface area (TPSA) is 91.2 Å². The Labute approximate surface area is 215 Å². The molecule has 36 heavy (non-hydrogen) atoms. The van der Waals surface area contributed by atoms with Gasteiger partial charge in [-0.1, -0.05) is 18.2 Å². The van der Waals surface area contributed by atoms with Crippen LogP contribution in [0.25, 0.3) is 16.9 Å². The fraction of sp³-hybridized carbons (Fsp3) is 0.231. The summed E-state index contributed by atoms with van der Waals surface area (Å²) in [4.78, 5) is 29.9. The fourth-order valence-corrected chi connectivity index (χ4v) is 3.92. The first-order chi connectivity index (χ1) is 17.3. The molecule has 4 aromatic rings. The van der Waals surface area contributed by atoms with Crippen LogP contribution in [0.1, 0.15) is 5.56 Å². The van der Waals surface area contributed by atoms with E-state index in [2.05, 4.69) is 42.0 Å². The summed E-state index contributed by atoms with van der Waals surface area (Å²) < 4.78 is 1.83. The van der Waals surface area contributed by atoms with Crippen molar-refractivity contribution in [2.45, 2.75) is 6.92 Å². The normalized spacial score (nSPS) is 11.1. The minimum Gasteiger partial charge on any atom is -0.372 e. The summed E-state index contributed by atoms with van der Waals surface area (Å²) in [5.74, 6) is 0.592. The number of anilines is 4. The van der Waals surface area contributed by atoms with E-state index in [-0.39, 0.29) is 5.91 Å². The highest BCUT2D eigenvalue weighted by Crippen LogP contribution is 2.33. The van der Waals surface area contributed by atoms with Gasteiger partial charge in [-0.15, -0.1) is 0 Å². The third-order valence-corrected chi connectivity index (χ3v) is 5.99. The number of hydrogen-bond acceptors (Lipinski definition) is 7. The number of carbonyl (C=O) groups excluding carboxylic acids is 1. The van der Waals surface area contributed by atoms with Gasteiger partial charge in [-0.05, 0) is 63.0 Å². The predicted molar refractivity (Wildman–Crippen MR) is 147 cm³/mol. The van der Waals surface area contributed by atoms with Crippen LogP contribution in [0, 0.1) is 6.92 Å². The van der Waals surface area contributed by atoms with E-state index in [1.54, 1.807) is 12.4 Å². The van der Waals surface area contributed by atoms with Gasteiger partial charge in [0.15, 0.2) is 5.82 Å². The van der Waals surface area contributed by atoms with Crippen molar-refractivity contribution in [3.05, 3.63) is 72.2 Å². The lowest BCUT2D eigenvalue weighted by Gasteiger charge is -2.25. The Morgan fingerprint density at radius 2 is 1.97 bits per heavy atom. The first-order valence-corrected chi connectivity index (χ1v) is 11.8. The number of aryl methyl sites for hydroxylation is 1. The average molecular weight is 505 g/mol. The van der Waals surface area contributed by atoms with Crippen LogP contribution in [0.3, 0.4) is 0 Å². The van der Waals surface area contributed by atoms with Gasteiger partial charge < -0.3 is 20.4 Å². The molecule has 3 aromatic heterocycles. The number of carbonyl (C=O) groups is 1. The van der Waals surface area contributed by atoms with Gasteiger partial charge in [-0.2, -0.15) is 4.98 Å². The Morgan fingerprint density at radius 3 is 2.72 bits per heavy atom. The van der Waals surface area contributed by atoms with Crippen molar-refractivity contribution in [2.24, 2.45) is 0 Å². The van der Waals surface area contributed by atoms with Crippen molar-refractivity contribution < 1.29 is 4.79 Å². The van der Waals surface area contributed by atoms with Crippen molar-refractivity contribution in [3.63, 3.8) is 0 Å². The van der Waals surface area contributed by atoms with Gasteiger partial charge in [-0.3, -0.25) is 9.36 Å². The second-order valence-corrected chi connectivity index (χ2v) is 9.10. The summed E-state index contributed by atoms with van der Waals surface area (Å²) in [5.41, 5.74) is 4.02. The molecular formula is C26H29ClN8O. The SMILES string of the molecule is C=CC(=O)Nc1cc(Nc2ncc(Cl)c(-n3ccc4cccnc43)n2)c(C)cc1N(C)CCN(C)C. The molecule has 0 fully saturated rings. The van der Waals surface area contributed by atoms with Crippen LogP contribution in [0.4, 0.5) is 23.0 Å². The van der Waals surface area contributed by atoms with Gasteiger partial charge in [-0.25, -0.2) is 9.97 Å². The third-order valence-electron chi connectivity index (χ3n) is 5.73. The van der Waals surface area contributed by atoms with Crippen LogP contribution in [0.5, 0.6) is 0 Å². The van der Waals surface area contributed by atoms with E-state index in [9.17, 15) is 4.79 Å². The number of likely N-dealkylation sites (N-methyl/N-ethyl adjacent to an activating group) is 2. The number of rotatable bonds is 9. The molecule has 0 atom stereocenters. The van der Waals surface area contributed by atoms with E-state index >= 15 is 0 Å². The van der Waals surface area contributed by atoms with E-state index in [0.717, 1.165) is 41.1 Å². The van der Waals surface area contributed by atoms with Crippen LogP contribution in [0.2, 0.25) is 5.02 Å². The number of fused-ring (bicyclic) bond motifs is 1. The van der Waals surface area contributed by atoms with Crippen molar-refractivity contribution >= 4 is 51.6 Å². The summed E-state index contributed by atoms with van der Waals surface area (Å²) >= 11 is 6.46. The zero-order valence-electron chi connectivity index (χ0n) is 20.8. The molecule has 0 aliphatic heterocycles. The molecule has 2 N–H and O–H groups in total. The molecule has 0 saturated heterocycles. The van der Waals surface area contributed by atoms with Crippen LogP contribution >= 0.6 is 11.6 Å². The maximum Gasteiger partial charge on any atom is 0.247 e. The third kappa shape index (κ3) is 5.48. The summed E-state index contributed by atoms with van der Waals surface area (Å²) in [6.45, 7) is 7.23. The Morgan fingerprint density at radius 1 is 1.17 bits per heavy atom. The van der Waals surface area contributed by atoms with Gasteiger partial charge in [0, 0.05) is 43.6 Å². The molecule has 0 saturated carbocycles. The largest absolute Gasteiger partial charge is 0.372 e. The molecule has 1 aromatic carbocycles. The van der Waals surface area contributed by atoms with E-state index < -0.39 is 0 Å². The molecule has 0 bridgehead atoms. The summed E-state index contributed by atoms with van der Waals surface area (Å²) in [6, 6.07) is 9.72. The number of pyridine rings is 1. The number of nitrogens with one attached hydrogen (secondary N) is 2. The van der Waals surface area contributed by atoms with Crippen LogP contribution in [-0.4, -0.2) is 64.6 Å². The van der Waals surface area contributed by atoms with E-state index in [1.807, 2.05) is 69.2 Å². The van der Waals surface area contributed by atoms with E-state index in [1.165, 1.54) is 6.08 Å². The molecule has 0 aliphatic rings. The quantitative estimate of drug-likeness (QED) is 0.321. The highest BCUT2D eigenvalue weighted by atomic mass is 35.5. The van der Waals surface area contributed by atoms with E-state index in [4.69, 9.17) is 11.6 Å². The van der Waals surface area contributed by atoms with Crippen LogP contribution < -0.4 is 15.5 Å². The molecule has 0 unspecified atom stereocenters. The smallest absolute Gasteiger partial charge is 0.247 e. The Bertz CT molecular complexity index is 1410. The monoisotopic (exact) mass is 504 g/mol. The highest BCUT2D eigenvalue weighted by Gasteiger charge is 2.16. The molecule has 0 radical (unpaired) electrons.